The second-order valence-electron chi connectivity index (χ2n) is 2.97. The third kappa shape index (κ3) is 2.37. The van der Waals surface area contributed by atoms with Crippen molar-refractivity contribution in [3.8, 4) is 0 Å². The molecule has 1 atom stereocenters. The van der Waals surface area contributed by atoms with Crippen LogP contribution in [0.3, 0.4) is 0 Å². The number of carbonyl (C=O) groups is 2. The molecule has 0 saturated heterocycles. The molecule has 0 aromatic rings. The second kappa shape index (κ2) is 5.09. The molecule has 0 bridgehead atoms. The van der Waals surface area contributed by atoms with Crippen molar-refractivity contribution in [1.82, 2.24) is 0 Å². The predicted octanol–water partition coefficient (Wildman–Crippen LogP) is -0.654. The summed E-state index contributed by atoms with van der Waals surface area (Å²) in [7, 11) is 0. The van der Waals surface area contributed by atoms with E-state index < -0.39 is 11.4 Å². The van der Waals surface area contributed by atoms with Gasteiger partial charge in [0.15, 0.2) is 5.87 Å². The van der Waals surface area contributed by atoms with E-state index in [0.29, 0.717) is 19.4 Å². The van der Waals surface area contributed by atoms with Crippen molar-refractivity contribution in [3.05, 3.63) is 6.58 Å². The number of carbonyl (C=O) groups excluding carboxylic acids is 2. The maximum absolute atomic E-state index is 11.2. The van der Waals surface area contributed by atoms with E-state index >= 15 is 0 Å². The maximum atomic E-state index is 11.2. The lowest BCUT2D eigenvalue weighted by atomic mass is 9.96. The molecule has 0 radical (unpaired) electrons. The van der Waals surface area contributed by atoms with E-state index in [0.717, 1.165) is 4.58 Å². The number of rotatable bonds is 6. The zero-order valence-corrected chi connectivity index (χ0v) is 8.19. The molecular formula is C9H14N3O2+. The number of aliphatic imine (C=N–C) groups is 1. The first kappa shape index (κ1) is 12.3. The van der Waals surface area contributed by atoms with Crippen LogP contribution in [0.2, 0.25) is 0 Å². The summed E-state index contributed by atoms with van der Waals surface area (Å²) < 4.78 is 1.01. The molecule has 0 rings (SSSR count). The Morgan fingerprint density at radius 3 is 2.64 bits per heavy atom. The van der Waals surface area contributed by atoms with Crippen molar-refractivity contribution < 1.29 is 14.2 Å². The monoisotopic (exact) mass is 196 g/mol. The summed E-state index contributed by atoms with van der Waals surface area (Å²) in [5.41, 5.74) is 4.06. The Labute approximate surface area is 82.6 Å². The minimum absolute atomic E-state index is 0.299. The highest BCUT2D eigenvalue weighted by atomic mass is 16.2. The van der Waals surface area contributed by atoms with Gasteiger partial charge in [0.2, 0.25) is 0 Å². The van der Waals surface area contributed by atoms with Crippen molar-refractivity contribution in [3.63, 3.8) is 0 Å². The average Bonchev–Trinajstić information content (AvgIpc) is 2.16. The van der Waals surface area contributed by atoms with Crippen molar-refractivity contribution in [2.24, 2.45) is 10.7 Å². The van der Waals surface area contributed by atoms with Crippen molar-refractivity contribution >= 4 is 24.9 Å². The molecule has 1 unspecified atom stereocenters. The number of nitrogens with two attached hydrogens (primary N) is 1. The van der Waals surface area contributed by atoms with Crippen LogP contribution in [0, 0.1) is 0 Å². The van der Waals surface area contributed by atoms with Gasteiger partial charge in [-0.05, 0) is 6.72 Å². The van der Waals surface area contributed by atoms with Crippen LogP contribution in [0.5, 0.6) is 0 Å². The van der Waals surface area contributed by atoms with Gasteiger partial charge in [0.05, 0.1) is 0 Å². The average molecular weight is 196 g/mol. The molecule has 0 aromatic carbocycles. The molecule has 2 amide bonds. The van der Waals surface area contributed by atoms with Crippen LogP contribution in [0.1, 0.15) is 13.3 Å². The van der Waals surface area contributed by atoms with Crippen LogP contribution >= 0.6 is 0 Å². The maximum Gasteiger partial charge on any atom is 0.384 e. The van der Waals surface area contributed by atoms with Crippen LogP contribution in [-0.4, -0.2) is 41.6 Å². The number of hydrogen-bond donors (Lipinski definition) is 1. The van der Waals surface area contributed by atoms with E-state index in [1.807, 2.05) is 0 Å². The summed E-state index contributed by atoms with van der Waals surface area (Å²) in [6.45, 7) is 8.47. The van der Waals surface area contributed by atoms with E-state index in [-0.39, 0.29) is 0 Å². The Morgan fingerprint density at radius 1 is 1.79 bits per heavy atom. The highest BCUT2D eigenvalue weighted by Crippen LogP contribution is 2.12. The molecule has 0 heterocycles. The Kier molecular flexibility index (Phi) is 4.46. The van der Waals surface area contributed by atoms with Gasteiger partial charge >= 0.3 is 6.41 Å². The van der Waals surface area contributed by atoms with Gasteiger partial charge in [-0.2, -0.15) is 0 Å². The Hall–Kier alpha value is -1.74. The standard InChI is InChI=1S/C9H13N3O2/c1-4-12(7-13)9(2,8(10)14)5-6-11-3/h7H,1,3,5-6H2,2H3,(H-,10,14)/p+1. The highest BCUT2D eigenvalue weighted by molar-refractivity contribution is 5.84. The summed E-state index contributed by atoms with van der Waals surface area (Å²) >= 11 is 0. The Morgan fingerprint density at radius 2 is 2.36 bits per heavy atom. The number of hydrogen-bond acceptors (Lipinski definition) is 3. The zero-order chi connectivity index (χ0) is 11.2. The van der Waals surface area contributed by atoms with Gasteiger partial charge in [0.25, 0.3) is 11.4 Å². The molecule has 0 aliphatic heterocycles. The van der Waals surface area contributed by atoms with Gasteiger partial charge in [-0.25, -0.2) is 4.79 Å². The third-order valence-electron chi connectivity index (χ3n) is 2.09. The van der Waals surface area contributed by atoms with Gasteiger partial charge in [-0.3, -0.25) is 4.79 Å². The molecule has 0 aliphatic rings. The van der Waals surface area contributed by atoms with E-state index in [9.17, 15) is 9.59 Å². The van der Waals surface area contributed by atoms with Gasteiger partial charge in [-0.15, -0.1) is 4.58 Å². The van der Waals surface area contributed by atoms with E-state index in [4.69, 9.17) is 5.73 Å². The van der Waals surface area contributed by atoms with Crippen LogP contribution in [0.25, 0.3) is 0 Å². The molecule has 5 heteroatoms. The lowest BCUT2D eigenvalue weighted by molar-refractivity contribution is -0.494. The molecule has 76 valence electrons. The van der Waals surface area contributed by atoms with Gasteiger partial charge in [0.1, 0.15) is 0 Å². The first-order chi connectivity index (χ1) is 6.52. The number of amides is 2. The Balaban J connectivity index is 5.07. The molecule has 5 nitrogen and oxygen atoms in total. The topological polar surface area (TPSA) is 75.5 Å². The zero-order valence-electron chi connectivity index (χ0n) is 8.19. The SMILES string of the molecule is C=C=[N+](C=O)C(C)(CCN=C)C(N)=O. The number of nitrogens with zero attached hydrogens (tertiary/aromatic N) is 2. The quantitative estimate of drug-likeness (QED) is 0.348. The van der Waals surface area contributed by atoms with Crippen LogP contribution in [-0.2, 0) is 9.59 Å². The lowest BCUT2D eigenvalue weighted by Gasteiger charge is -2.17. The van der Waals surface area contributed by atoms with Crippen molar-refractivity contribution in [2.45, 2.75) is 18.9 Å². The molecule has 0 spiro atoms. The third-order valence-corrected chi connectivity index (χ3v) is 2.09. The fourth-order valence-corrected chi connectivity index (χ4v) is 0.987. The van der Waals surface area contributed by atoms with Gasteiger partial charge < -0.3 is 10.7 Å². The van der Waals surface area contributed by atoms with Crippen LogP contribution < -0.4 is 5.73 Å². The first-order valence-electron chi connectivity index (χ1n) is 4.02. The molecular weight excluding hydrogens is 182 g/mol. The first-order valence-corrected chi connectivity index (χ1v) is 4.02. The predicted molar refractivity (Wildman–Crippen MR) is 53.6 cm³/mol. The Bertz CT molecular complexity index is 305. The van der Waals surface area contributed by atoms with E-state index in [1.165, 1.54) is 6.92 Å². The summed E-state index contributed by atoms with van der Waals surface area (Å²) in [4.78, 5) is 25.4. The molecule has 0 saturated carbocycles. The molecule has 0 fully saturated rings. The molecule has 2 N–H and O–H groups in total. The van der Waals surface area contributed by atoms with Crippen LogP contribution in [0.15, 0.2) is 11.6 Å². The van der Waals surface area contributed by atoms with Crippen molar-refractivity contribution in [1.29, 1.82) is 0 Å². The lowest BCUT2D eigenvalue weighted by Crippen LogP contribution is -2.50. The van der Waals surface area contributed by atoms with Gasteiger partial charge in [-0.1, -0.05) is 0 Å². The van der Waals surface area contributed by atoms with E-state index in [2.05, 4.69) is 24.2 Å². The van der Waals surface area contributed by atoms with Crippen LogP contribution in [0.4, 0.5) is 0 Å². The summed E-state index contributed by atoms with van der Waals surface area (Å²) in [5, 5.41) is 0. The molecule has 0 aromatic heterocycles. The minimum Gasteiger partial charge on any atom is -0.364 e. The largest absolute Gasteiger partial charge is 0.384 e. The fourth-order valence-electron chi connectivity index (χ4n) is 0.987. The molecule has 14 heavy (non-hydrogen) atoms. The van der Waals surface area contributed by atoms with Gasteiger partial charge in [0, 0.05) is 26.5 Å². The highest BCUT2D eigenvalue weighted by Gasteiger charge is 2.42. The normalized spacial score (nSPS) is 13.5. The summed E-state index contributed by atoms with van der Waals surface area (Å²) in [6, 6.07) is 0. The summed E-state index contributed by atoms with van der Waals surface area (Å²) in [6.07, 6.45) is 0.758. The second-order valence-corrected chi connectivity index (χ2v) is 2.97. The molecule has 0 aliphatic carbocycles. The fraction of sp³-hybridized carbons (Fsp3) is 0.444. The minimum atomic E-state index is -1.13. The van der Waals surface area contributed by atoms with E-state index in [1.54, 1.807) is 0 Å². The number of primary amides is 1. The smallest absolute Gasteiger partial charge is 0.364 e. The van der Waals surface area contributed by atoms with Crippen molar-refractivity contribution in [2.75, 3.05) is 6.54 Å². The summed E-state index contributed by atoms with van der Waals surface area (Å²) in [5.74, 6) is 1.71.